The molecule has 0 aromatic carbocycles. The van der Waals surface area contributed by atoms with Gasteiger partial charge in [0.15, 0.2) is 0 Å². The van der Waals surface area contributed by atoms with E-state index < -0.39 is 5.54 Å². The third kappa shape index (κ3) is 3.84. The number of nitrogens with zero attached hydrogens (tertiary/aromatic N) is 2. The second kappa shape index (κ2) is 6.54. The molecule has 1 rings (SSSR count). The summed E-state index contributed by atoms with van der Waals surface area (Å²) in [5.41, 5.74) is 4.86. The van der Waals surface area contributed by atoms with Gasteiger partial charge in [-0.1, -0.05) is 6.92 Å². The number of nitrogens with one attached hydrogen (secondary N) is 1. The lowest BCUT2D eigenvalue weighted by Crippen LogP contribution is -2.52. The number of amides is 1. The molecular formula is C13H24N4O. The Labute approximate surface area is 109 Å². The van der Waals surface area contributed by atoms with Gasteiger partial charge in [-0.25, -0.2) is 4.98 Å². The van der Waals surface area contributed by atoms with Crippen LogP contribution in [-0.4, -0.2) is 27.5 Å². The Morgan fingerprint density at radius 3 is 2.78 bits per heavy atom. The van der Waals surface area contributed by atoms with Crippen LogP contribution < -0.4 is 11.1 Å². The van der Waals surface area contributed by atoms with Crippen LogP contribution in [0.1, 0.15) is 38.9 Å². The summed E-state index contributed by atoms with van der Waals surface area (Å²) in [6, 6.07) is 0. The highest BCUT2D eigenvalue weighted by Crippen LogP contribution is 2.14. The van der Waals surface area contributed by atoms with Gasteiger partial charge in [0.05, 0.1) is 5.54 Å². The monoisotopic (exact) mass is 252 g/mol. The molecule has 0 aliphatic heterocycles. The van der Waals surface area contributed by atoms with Crippen LogP contribution in [0.15, 0.2) is 12.4 Å². The number of imidazole rings is 1. The molecule has 5 nitrogen and oxygen atoms in total. The molecule has 0 fully saturated rings. The van der Waals surface area contributed by atoms with Crippen LogP contribution in [0.3, 0.4) is 0 Å². The molecule has 0 saturated carbocycles. The van der Waals surface area contributed by atoms with Gasteiger partial charge in [-0.05, 0) is 39.7 Å². The van der Waals surface area contributed by atoms with Gasteiger partial charge in [-0.15, -0.1) is 0 Å². The SMILES string of the molecule is CCNC(C)(CCCCn1ccnc1C)C(N)=O. The Kier molecular flexibility index (Phi) is 5.34. The maximum atomic E-state index is 11.4. The van der Waals surface area contributed by atoms with E-state index in [0.717, 1.165) is 38.2 Å². The number of rotatable bonds is 8. The fraction of sp³-hybridized carbons (Fsp3) is 0.692. The van der Waals surface area contributed by atoms with E-state index in [1.807, 2.05) is 33.2 Å². The van der Waals surface area contributed by atoms with Crippen molar-refractivity contribution in [1.82, 2.24) is 14.9 Å². The summed E-state index contributed by atoms with van der Waals surface area (Å²) < 4.78 is 2.12. The Balaban J connectivity index is 2.36. The number of aromatic nitrogens is 2. The number of aryl methyl sites for hydroxylation is 2. The molecule has 1 heterocycles. The van der Waals surface area contributed by atoms with E-state index in [0.29, 0.717) is 0 Å². The first kappa shape index (κ1) is 14.7. The third-order valence-corrected chi connectivity index (χ3v) is 3.36. The zero-order valence-corrected chi connectivity index (χ0v) is 11.6. The summed E-state index contributed by atoms with van der Waals surface area (Å²) in [6.45, 7) is 7.54. The molecule has 3 N–H and O–H groups in total. The summed E-state index contributed by atoms with van der Waals surface area (Å²) >= 11 is 0. The zero-order valence-electron chi connectivity index (χ0n) is 11.6. The maximum absolute atomic E-state index is 11.4. The number of likely N-dealkylation sites (N-methyl/N-ethyl adjacent to an activating group) is 1. The van der Waals surface area contributed by atoms with Gasteiger partial charge in [0.25, 0.3) is 0 Å². The van der Waals surface area contributed by atoms with Crippen LogP contribution in [0.25, 0.3) is 0 Å². The highest BCUT2D eigenvalue weighted by atomic mass is 16.1. The van der Waals surface area contributed by atoms with Crippen molar-refractivity contribution in [3.05, 3.63) is 18.2 Å². The molecule has 18 heavy (non-hydrogen) atoms. The number of hydrogen-bond acceptors (Lipinski definition) is 3. The predicted molar refractivity (Wildman–Crippen MR) is 72.1 cm³/mol. The first-order valence-electron chi connectivity index (χ1n) is 6.52. The van der Waals surface area contributed by atoms with Crippen molar-refractivity contribution in [2.24, 2.45) is 5.73 Å². The van der Waals surface area contributed by atoms with E-state index in [9.17, 15) is 4.79 Å². The molecule has 1 aromatic rings. The molecule has 0 aliphatic carbocycles. The summed E-state index contributed by atoms with van der Waals surface area (Å²) in [5.74, 6) is 0.752. The van der Waals surface area contributed by atoms with Crippen molar-refractivity contribution >= 4 is 5.91 Å². The molecule has 1 amide bonds. The molecule has 5 heteroatoms. The normalized spacial score (nSPS) is 14.4. The Morgan fingerprint density at radius 1 is 1.56 bits per heavy atom. The zero-order chi connectivity index (χ0) is 13.6. The second-order valence-electron chi connectivity index (χ2n) is 4.85. The highest BCUT2D eigenvalue weighted by molar-refractivity contribution is 5.84. The fourth-order valence-corrected chi connectivity index (χ4v) is 2.09. The number of hydrogen-bond donors (Lipinski definition) is 2. The van der Waals surface area contributed by atoms with Crippen LogP contribution in [-0.2, 0) is 11.3 Å². The van der Waals surface area contributed by atoms with Gasteiger partial charge in [-0.2, -0.15) is 0 Å². The molecule has 1 unspecified atom stereocenters. The number of unbranched alkanes of at least 4 members (excludes halogenated alkanes) is 1. The predicted octanol–water partition coefficient (Wildman–Crippen LogP) is 1.22. The summed E-state index contributed by atoms with van der Waals surface area (Å²) in [7, 11) is 0. The number of carbonyl (C=O) groups excluding carboxylic acids is 1. The van der Waals surface area contributed by atoms with Crippen LogP contribution in [0.2, 0.25) is 0 Å². The molecule has 0 aliphatic rings. The van der Waals surface area contributed by atoms with E-state index in [1.165, 1.54) is 0 Å². The second-order valence-corrected chi connectivity index (χ2v) is 4.85. The molecule has 102 valence electrons. The molecule has 0 spiro atoms. The Morgan fingerprint density at radius 2 is 2.28 bits per heavy atom. The lowest BCUT2D eigenvalue weighted by atomic mass is 9.94. The quantitative estimate of drug-likeness (QED) is 0.683. The number of primary amides is 1. The van der Waals surface area contributed by atoms with Gasteiger partial charge in [0.2, 0.25) is 5.91 Å². The number of carbonyl (C=O) groups is 1. The largest absolute Gasteiger partial charge is 0.368 e. The minimum Gasteiger partial charge on any atom is -0.368 e. The standard InChI is InChI=1S/C13H24N4O/c1-4-16-13(3,12(14)18)7-5-6-9-17-10-8-15-11(17)2/h8,10,16H,4-7,9H2,1-3H3,(H2,14,18). The van der Waals surface area contributed by atoms with Crippen LogP contribution in [0.4, 0.5) is 0 Å². The first-order chi connectivity index (χ1) is 8.49. The van der Waals surface area contributed by atoms with Crippen molar-refractivity contribution in [2.45, 2.75) is 52.1 Å². The lowest BCUT2D eigenvalue weighted by Gasteiger charge is -2.27. The minimum absolute atomic E-state index is 0.275. The third-order valence-electron chi connectivity index (χ3n) is 3.36. The van der Waals surface area contributed by atoms with E-state index in [-0.39, 0.29) is 5.91 Å². The molecular weight excluding hydrogens is 228 g/mol. The van der Waals surface area contributed by atoms with Gasteiger partial charge in [0.1, 0.15) is 5.82 Å². The van der Waals surface area contributed by atoms with Crippen molar-refractivity contribution in [2.75, 3.05) is 6.54 Å². The number of nitrogens with two attached hydrogens (primary N) is 1. The molecule has 0 saturated heterocycles. The van der Waals surface area contributed by atoms with Gasteiger partial charge in [-0.3, -0.25) is 4.79 Å². The highest BCUT2D eigenvalue weighted by Gasteiger charge is 2.28. The fourth-order valence-electron chi connectivity index (χ4n) is 2.09. The Bertz CT molecular complexity index is 388. The van der Waals surface area contributed by atoms with Crippen molar-refractivity contribution < 1.29 is 4.79 Å². The summed E-state index contributed by atoms with van der Waals surface area (Å²) in [5, 5.41) is 3.17. The topological polar surface area (TPSA) is 72.9 Å². The van der Waals surface area contributed by atoms with E-state index in [2.05, 4.69) is 14.9 Å². The van der Waals surface area contributed by atoms with E-state index >= 15 is 0 Å². The van der Waals surface area contributed by atoms with Crippen LogP contribution in [0, 0.1) is 6.92 Å². The first-order valence-corrected chi connectivity index (χ1v) is 6.52. The van der Waals surface area contributed by atoms with Gasteiger partial charge >= 0.3 is 0 Å². The Hall–Kier alpha value is -1.36. The lowest BCUT2D eigenvalue weighted by molar-refractivity contribution is -0.124. The molecule has 0 radical (unpaired) electrons. The maximum Gasteiger partial charge on any atom is 0.237 e. The van der Waals surface area contributed by atoms with Crippen molar-refractivity contribution in [1.29, 1.82) is 0 Å². The molecule has 1 atom stereocenters. The average Bonchev–Trinajstić information content (AvgIpc) is 2.71. The van der Waals surface area contributed by atoms with Gasteiger partial charge in [0, 0.05) is 18.9 Å². The molecule has 0 bridgehead atoms. The average molecular weight is 252 g/mol. The van der Waals surface area contributed by atoms with Crippen LogP contribution >= 0.6 is 0 Å². The summed E-state index contributed by atoms with van der Waals surface area (Å²) in [4.78, 5) is 15.6. The van der Waals surface area contributed by atoms with Crippen molar-refractivity contribution in [3.63, 3.8) is 0 Å². The van der Waals surface area contributed by atoms with Crippen molar-refractivity contribution in [3.8, 4) is 0 Å². The smallest absolute Gasteiger partial charge is 0.237 e. The van der Waals surface area contributed by atoms with E-state index in [4.69, 9.17) is 5.73 Å². The minimum atomic E-state index is -0.585. The summed E-state index contributed by atoms with van der Waals surface area (Å²) in [6.07, 6.45) is 6.54. The van der Waals surface area contributed by atoms with E-state index in [1.54, 1.807) is 0 Å². The molecule has 1 aromatic heterocycles. The van der Waals surface area contributed by atoms with Crippen LogP contribution in [0.5, 0.6) is 0 Å². The van der Waals surface area contributed by atoms with Gasteiger partial charge < -0.3 is 15.6 Å².